The Bertz CT molecular complexity index is 1410. The van der Waals surface area contributed by atoms with E-state index in [0.29, 0.717) is 22.9 Å². The molecule has 1 N–H and O–H groups in total. The molecule has 38 heavy (non-hydrogen) atoms. The molecule has 2 heterocycles. The highest BCUT2D eigenvalue weighted by Crippen LogP contribution is 2.50. The predicted molar refractivity (Wildman–Crippen MR) is 145 cm³/mol. The first-order valence-corrected chi connectivity index (χ1v) is 13.1. The quantitative estimate of drug-likeness (QED) is 0.232. The molecule has 0 radical (unpaired) electrons. The Kier molecular flexibility index (Phi) is 6.89. The van der Waals surface area contributed by atoms with Gasteiger partial charge in [0.05, 0.1) is 10.5 Å². The number of rotatable bonds is 4. The van der Waals surface area contributed by atoms with Crippen molar-refractivity contribution in [3.63, 3.8) is 0 Å². The van der Waals surface area contributed by atoms with Crippen molar-refractivity contribution < 1.29 is 14.5 Å². The zero-order chi connectivity index (χ0) is 28.2. The van der Waals surface area contributed by atoms with Crippen LogP contribution in [0.25, 0.3) is 17.0 Å². The zero-order valence-electron chi connectivity index (χ0n) is 23.5. The van der Waals surface area contributed by atoms with E-state index in [1.807, 2.05) is 0 Å². The number of esters is 1. The number of aryl methyl sites for hydroxylation is 1. The van der Waals surface area contributed by atoms with E-state index >= 15 is 0 Å². The number of nitrogens with one attached hydrogen (secondary N) is 1. The minimum Gasteiger partial charge on any atom is -0.458 e. The summed E-state index contributed by atoms with van der Waals surface area (Å²) in [5.74, 6) is 0.617. The van der Waals surface area contributed by atoms with Crippen LogP contribution in [-0.2, 0) is 4.74 Å². The number of nitro benzene ring substituents is 1. The smallest absolute Gasteiger partial charge is 0.343 e. The van der Waals surface area contributed by atoms with E-state index in [4.69, 9.17) is 4.74 Å². The van der Waals surface area contributed by atoms with Crippen LogP contribution in [0.1, 0.15) is 82.8 Å². The first-order chi connectivity index (χ1) is 17.6. The second-order valence-corrected chi connectivity index (χ2v) is 12.9. The van der Waals surface area contributed by atoms with Crippen molar-refractivity contribution in [1.82, 2.24) is 14.6 Å². The molecular weight excluding hydrogens is 482 g/mol. The molecule has 9 heteroatoms. The van der Waals surface area contributed by atoms with Crippen molar-refractivity contribution in [2.75, 3.05) is 0 Å². The molecule has 1 aromatic carbocycles. The molecule has 1 saturated carbocycles. The number of carbonyl (C=O) groups excluding carboxylic acids is 1. The molecule has 3 aromatic rings. The van der Waals surface area contributed by atoms with E-state index in [9.17, 15) is 20.2 Å². The van der Waals surface area contributed by atoms with Gasteiger partial charge in [-0.3, -0.25) is 15.2 Å². The fraction of sp³-hybridized carbons (Fsp3) is 0.552. The lowest BCUT2D eigenvalue weighted by Crippen LogP contribution is -2.49. The molecule has 1 aliphatic rings. The summed E-state index contributed by atoms with van der Waals surface area (Å²) in [5, 5.41) is 24.3. The molecule has 1 fully saturated rings. The SMILES string of the molecule is Cc1ccc(-c2nc3c(C(=O)OC4C(C(C)(C)C)CC(C)CC4C(C)(C)C)c(C#N)cn3[nH]2)cc1[N+](=O)[O-]. The second-order valence-electron chi connectivity index (χ2n) is 12.9. The summed E-state index contributed by atoms with van der Waals surface area (Å²) in [6.45, 7) is 17.1. The summed E-state index contributed by atoms with van der Waals surface area (Å²) in [6, 6.07) is 6.93. The summed E-state index contributed by atoms with van der Waals surface area (Å²) < 4.78 is 7.85. The molecular formula is C29H37N5O4. The molecule has 4 rings (SSSR count). The summed E-state index contributed by atoms with van der Waals surface area (Å²) in [6.07, 6.45) is 3.13. The molecule has 0 amide bonds. The van der Waals surface area contributed by atoms with Crippen molar-refractivity contribution in [3.8, 4) is 17.5 Å². The van der Waals surface area contributed by atoms with Crippen LogP contribution in [0.3, 0.4) is 0 Å². The fourth-order valence-electron chi connectivity index (χ4n) is 5.86. The lowest BCUT2D eigenvalue weighted by molar-refractivity contribution is -0.385. The fourth-order valence-corrected chi connectivity index (χ4v) is 5.86. The Morgan fingerprint density at radius 1 is 1.18 bits per heavy atom. The van der Waals surface area contributed by atoms with Gasteiger partial charge >= 0.3 is 5.97 Å². The van der Waals surface area contributed by atoms with Gasteiger partial charge in [-0.05, 0) is 36.5 Å². The van der Waals surface area contributed by atoms with Gasteiger partial charge in [0.1, 0.15) is 17.7 Å². The molecule has 9 nitrogen and oxygen atoms in total. The number of aromatic nitrogens is 3. The normalized spacial score (nSPS) is 22.3. The van der Waals surface area contributed by atoms with Crippen LogP contribution in [0.15, 0.2) is 24.4 Å². The van der Waals surface area contributed by atoms with E-state index in [-0.39, 0.29) is 51.2 Å². The molecule has 0 spiro atoms. The van der Waals surface area contributed by atoms with Gasteiger partial charge in [0.15, 0.2) is 11.5 Å². The van der Waals surface area contributed by atoms with Gasteiger partial charge in [-0.15, -0.1) is 0 Å². The average molecular weight is 520 g/mol. The topological polar surface area (TPSA) is 126 Å². The minimum absolute atomic E-state index is 0.0195. The largest absolute Gasteiger partial charge is 0.458 e. The first kappa shape index (κ1) is 27.4. The maximum Gasteiger partial charge on any atom is 0.343 e. The Morgan fingerprint density at radius 3 is 2.32 bits per heavy atom. The molecule has 0 aliphatic heterocycles. The highest BCUT2D eigenvalue weighted by molar-refractivity contribution is 5.99. The summed E-state index contributed by atoms with van der Waals surface area (Å²) in [4.78, 5) is 29.4. The van der Waals surface area contributed by atoms with Crippen LogP contribution in [0.5, 0.6) is 0 Å². The molecule has 2 atom stereocenters. The monoisotopic (exact) mass is 519 g/mol. The molecule has 0 saturated heterocycles. The van der Waals surface area contributed by atoms with Gasteiger partial charge in [0.25, 0.3) is 5.69 Å². The highest BCUT2D eigenvalue weighted by Gasteiger charge is 2.48. The van der Waals surface area contributed by atoms with Gasteiger partial charge in [0, 0.05) is 35.2 Å². The zero-order valence-corrected chi connectivity index (χ0v) is 23.5. The van der Waals surface area contributed by atoms with Crippen LogP contribution < -0.4 is 0 Å². The highest BCUT2D eigenvalue weighted by atomic mass is 16.6. The summed E-state index contributed by atoms with van der Waals surface area (Å²) >= 11 is 0. The minimum atomic E-state index is -0.569. The van der Waals surface area contributed by atoms with E-state index in [1.165, 1.54) is 16.8 Å². The van der Waals surface area contributed by atoms with Gasteiger partial charge in [-0.2, -0.15) is 5.26 Å². The molecule has 1 aliphatic carbocycles. The third kappa shape index (κ3) is 5.04. The predicted octanol–water partition coefficient (Wildman–Crippen LogP) is 6.70. The van der Waals surface area contributed by atoms with Crippen molar-refractivity contribution >= 4 is 17.3 Å². The number of hydrogen-bond acceptors (Lipinski definition) is 6. The Labute approximate surface area is 223 Å². The van der Waals surface area contributed by atoms with Crippen LogP contribution >= 0.6 is 0 Å². The first-order valence-electron chi connectivity index (χ1n) is 13.1. The van der Waals surface area contributed by atoms with Crippen LogP contribution in [-0.4, -0.2) is 31.6 Å². The number of hydrogen-bond donors (Lipinski definition) is 1. The number of ether oxygens (including phenoxy) is 1. The van der Waals surface area contributed by atoms with Crippen LogP contribution in [0.4, 0.5) is 5.69 Å². The second kappa shape index (κ2) is 9.57. The van der Waals surface area contributed by atoms with E-state index in [1.54, 1.807) is 19.1 Å². The van der Waals surface area contributed by atoms with Crippen molar-refractivity contribution in [1.29, 1.82) is 5.26 Å². The number of H-pyrrole nitrogens is 1. The third-order valence-corrected chi connectivity index (χ3v) is 8.00. The van der Waals surface area contributed by atoms with E-state index < -0.39 is 10.9 Å². The van der Waals surface area contributed by atoms with Crippen LogP contribution in [0, 0.1) is 57.0 Å². The van der Waals surface area contributed by atoms with Crippen molar-refractivity contribution in [2.45, 2.75) is 74.3 Å². The maximum absolute atomic E-state index is 13.8. The lowest BCUT2D eigenvalue weighted by Gasteiger charge is -2.50. The Hall–Kier alpha value is -3.67. The summed E-state index contributed by atoms with van der Waals surface area (Å²) in [5.41, 5.74) is 1.41. The number of fused-ring (bicyclic) bond motifs is 1. The maximum atomic E-state index is 13.8. The van der Waals surface area contributed by atoms with Gasteiger partial charge in [-0.1, -0.05) is 60.6 Å². The van der Waals surface area contributed by atoms with Gasteiger partial charge in [0.2, 0.25) is 0 Å². The number of nitriles is 1. The lowest BCUT2D eigenvalue weighted by atomic mass is 9.59. The van der Waals surface area contributed by atoms with E-state index in [2.05, 4.69) is 64.6 Å². The van der Waals surface area contributed by atoms with Crippen LogP contribution in [0.2, 0.25) is 0 Å². The number of benzene rings is 1. The number of aromatic amines is 1. The average Bonchev–Trinajstić information content (AvgIpc) is 3.36. The third-order valence-electron chi connectivity index (χ3n) is 8.00. The number of nitro groups is 1. The standard InChI is InChI=1S/C29H37N5O4/c1-16-11-20(28(3,4)5)24(21(12-16)29(6,7)8)38-27(35)23-19(14-30)15-33-26(23)31-25(32-33)18-10-9-17(2)22(13-18)34(36)37/h9-10,13,15-16,20-21,24H,11-12H2,1-8H3,(H,31,32). The van der Waals surface area contributed by atoms with Crippen molar-refractivity contribution in [3.05, 3.63) is 51.2 Å². The molecule has 0 bridgehead atoms. The number of carbonyl (C=O) groups is 1. The number of nitrogens with zero attached hydrogens (tertiary/aromatic N) is 4. The van der Waals surface area contributed by atoms with Gasteiger partial charge < -0.3 is 4.74 Å². The Morgan fingerprint density at radius 2 is 1.79 bits per heavy atom. The summed E-state index contributed by atoms with van der Waals surface area (Å²) in [7, 11) is 0. The van der Waals surface area contributed by atoms with Gasteiger partial charge in [-0.25, -0.2) is 14.3 Å². The van der Waals surface area contributed by atoms with E-state index in [0.717, 1.165) is 12.8 Å². The molecule has 2 aromatic heterocycles. The Balaban J connectivity index is 1.76. The molecule has 2 unspecified atom stereocenters. The van der Waals surface area contributed by atoms with Crippen molar-refractivity contribution in [2.24, 2.45) is 28.6 Å². The molecule has 202 valence electrons.